The number of hydrogen-bond acceptors (Lipinski definition) is 8. The van der Waals surface area contributed by atoms with E-state index < -0.39 is 22.0 Å². The Morgan fingerprint density at radius 2 is 1.85 bits per heavy atom. The molecule has 4 rings (SSSR count). The van der Waals surface area contributed by atoms with Crippen molar-refractivity contribution in [2.45, 2.75) is 17.5 Å². The largest absolute Gasteiger partial charge is 0.480 e. The van der Waals surface area contributed by atoms with E-state index in [0.717, 1.165) is 16.8 Å². The van der Waals surface area contributed by atoms with Crippen molar-refractivity contribution in [1.82, 2.24) is 19.7 Å². The highest BCUT2D eigenvalue weighted by Gasteiger charge is 2.24. The summed E-state index contributed by atoms with van der Waals surface area (Å²) in [4.78, 5) is 23.6. The van der Waals surface area contributed by atoms with E-state index >= 15 is 0 Å². The molecule has 4 aromatic rings. The molecule has 0 saturated carbocycles. The Hall–Kier alpha value is -3.67. The summed E-state index contributed by atoms with van der Waals surface area (Å²) < 4.78 is 28.7. The number of nitrogens with zero attached hydrogens (tertiary/aromatic N) is 3. The van der Waals surface area contributed by atoms with Gasteiger partial charge in [-0.3, -0.25) is 4.79 Å². The molecule has 174 valence electrons. The predicted octanol–water partition coefficient (Wildman–Crippen LogP) is 3.36. The van der Waals surface area contributed by atoms with E-state index in [1.54, 1.807) is 35.8 Å². The van der Waals surface area contributed by atoms with E-state index in [9.17, 15) is 13.2 Å². The molecule has 0 aliphatic heterocycles. The monoisotopic (exact) mass is 495 g/mol. The van der Waals surface area contributed by atoms with Crippen molar-refractivity contribution in [1.29, 1.82) is 0 Å². The fraction of sp³-hybridized carbons (Fsp3) is 0.130. The van der Waals surface area contributed by atoms with Gasteiger partial charge in [-0.1, -0.05) is 36.4 Å². The molecule has 3 aromatic heterocycles. The molecule has 1 aromatic carbocycles. The number of rotatable bonds is 10. The van der Waals surface area contributed by atoms with Gasteiger partial charge in [-0.2, -0.15) is 0 Å². The van der Waals surface area contributed by atoms with E-state index in [0.29, 0.717) is 17.9 Å². The first-order valence-corrected chi connectivity index (χ1v) is 12.7. The Morgan fingerprint density at radius 1 is 1.03 bits per heavy atom. The molecule has 1 atom stereocenters. The first-order chi connectivity index (χ1) is 16.4. The van der Waals surface area contributed by atoms with E-state index in [4.69, 9.17) is 5.11 Å². The van der Waals surface area contributed by atoms with Crippen molar-refractivity contribution in [3.05, 3.63) is 89.0 Å². The van der Waals surface area contributed by atoms with Crippen molar-refractivity contribution < 1.29 is 18.3 Å². The lowest BCUT2D eigenvalue weighted by molar-refractivity contribution is -0.134. The van der Waals surface area contributed by atoms with Crippen LogP contribution in [0.15, 0.2) is 82.8 Å². The van der Waals surface area contributed by atoms with Gasteiger partial charge < -0.3 is 10.4 Å². The third-order valence-electron chi connectivity index (χ3n) is 4.88. The second-order valence-corrected chi connectivity index (χ2v) is 9.69. The van der Waals surface area contributed by atoms with Gasteiger partial charge in [-0.25, -0.2) is 28.1 Å². The van der Waals surface area contributed by atoms with Gasteiger partial charge in [0.1, 0.15) is 12.4 Å². The molecule has 1 unspecified atom stereocenters. The first kappa shape index (κ1) is 23.5. The van der Waals surface area contributed by atoms with E-state index in [1.807, 2.05) is 29.6 Å². The molecule has 0 spiro atoms. The molecule has 0 saturated heterocycles. The zero-order chi connectivity index (χ0) is 24.0. The Labute approximate surface area is 200 Å². The van der Waals surface area contributed by atoms with Gasteiger partial charge >= 0.3 is 5.97 Å². The quantitative estimate of drug-likeness (QED) is 0.305. The summed E-state index contributed by atoms with van der Waals surface area (Å²) in [5.74, 6) is -0.694. The van der Waals surface area contributed by atoms with Crippen molar-refractivity contribution in [2.24, 2.45) is 0 Å². The smallest absolute Gasteiger partial charge is 0.322 e. The van der Waals surface area contributed by atoms with E-state index in [2.05, 4.69) is 25.0 Å². The summed E-state index contributed by atoms with van der Waals surface area (Å²) in [6.07, 6.45) is 1.73. The van der Waals surface area contributed by atoms with Crippen LogP contribution in [0.5, 0.6) is 0 Å². The molecule has 0 bridgehead atoms. The van der Waals surface area contributed by atoms with Gasteiger partial charge in [-0.05, 0) is 36.2 Å². The summed E-state index contributed by atoms with van der Waals surface area (Å²) in [6, 6.07) is 16.7. The number of carboxylic acids is 1. The Bertz CT molecular complexity index is 1350. The maximum absolute atomic E-state index is 13.0. The Kier molecular flexibility index (Phi) is 7.26. The second kappa shape index (κ2) is 10.5. The summed E-state index contributed by atoms with van der Waals surface area (Å²) in [6.45, 7) is -0.307. The van der Waals surface area contributed by atoms with E-state index in [-0.39, 0.29) is 11.6 Å². The summed E-state index contributed by atoms with van der Waals surface area (Å²) in [7, 11) is -3.93. The molecule has 3 heterocycles. The number of anilines is 1. The molecule has 0 fully saturated rings. The van der Waals surface area contributed by atoms with Crippen LogP contribution in [-0.4, -0.2) is 41.0 Å². The van der Waals surface area contributed by atoms with Gasteiger partial charge in [0.25, 0.3) is 10.0 Å². The number of sulfonamides is 1. The number of carbonyl (C=O) groups is 1. The van der Waals surface area contributed by atoms with Crippen molar-refractivity contribution >= 4 is 33.1 Å². The number of nitrogens with one attached hydrogen (secondary N) is 2. The molecule has 0 aliphatic carbocycles. The number of carboxylic acid groups (broad SMARTS) is 1. The molecule has 9 nitrogen and oxygen atoms in total. The fourth-order valence-electron chi connectivity index (χ4n) is 3.27. The predicted molar refractivity (Wildman–Crippen MR) is 129 cm³/mol. The maximum Gasteiger partial charge on any atom is 0.322 e. The standard InChI is InChI=1S/C23H21N5O4S2/c29-23(30)13-25-21-5-3-4-18(27-21)19(28-34(31,32)22-6-1-2-11-24-22)12-16-7-9-17(10-8-16)20-14-33-15-26-20/h1-11,14-15,19,28H,12-13H2,(H,25,27)(H,29,30). The topological polar surface area (TPSA) is 134 Å². The molecule has 11 heteroatoms. The fourth-order valence-corrected chi connectivity index (χ4v) is 4.99. The molecular weight excluding hydrogens is 474 g/mol. The third-order valence-corrected chi connectivity index (χ3v) is 6.85. The highest BCUT2D eigenvalue weighted by molar-refractivity contribution is 7.89. The number of thiazole rings is 1. The normalized spacial score (nSPS) is 12.2. The lowest BCUT2D eigenvalue weighted by atomic mass is 10.0. The first-order valence-electron chi connectivity index (χ1n) is 10.2. The molecule has 34 heavy (non-hydrogen) atoms. The summed E-state index contributed by atoms with van der Waals surface area (Å²) >= 11 is 1.51. The molecule has 0 radical (unpaired) electrons. The SMILES string of the molecule is O=C(O)CNc1cccc(C(Cc2ccc(-c3cscn3)cc2)NS(=O)(=O)c2ccccn2)n1. The third kappa shape index (κ3) is 6.01. The Balaban J connectivity index is 1.63. The van der Waals surface area contributed by atoms with Crippen molar-refractivity contribution in [3.8, 4) is 11.3 Å². The van der Waals surface area contributed by atoms with Crippen LogP contribution < -0.4 is 10.0 Å². The van der Waals surface area contributed by atoms with Crippen LogP contribution >= 0.6 is 11.3 Å². The van der Waals surface area contributed by atoms with Crippen LogP contribution in [0.25, 0.3) is 11.3 Å². The lowest BCUT2D eigenvalue weighted by Gasteiger charge is -2.19. The van der Waals surface area contributed by atoms with Crippen LogP contribution in [0, 0.1) is 0 Å². The number of pyridine rings is 2. The highest BCUT2D eigenvalue weighted by Crippen LogP contribution is 2.24. The van der Waals surface area contributed by atoms with Crippen LogP contribution in [-0.2, 0) is 21.2 Å². The number of benzene rings is 1. The van der Waals surface area contributed by atoms with Gasteiger partial charge in [0.05, 0.1) is 22.9 Å². The van der Waals surface area contributed by atoms with Crippen LogP contribution in [0.1, 0.15) is 17.3 Å². The average molecular weight is 496 g/mol. The molecule has 3 N–H and O–H groups in total. The summed E-state index contributed by atoms with van der Waals surface area (Å²) in [5, 5.41) is 13.5. The van der Waals surface area contributed by atoms with Crippen molar-refractivity contribution in [2.75, 3.05) is 11.9 Å². The van der Waals surface area contributed by atoms with Gasteiger partial charge in [0, 0.05) is 17.1 Å². The van der Waals surface area contributed by atoms with Crippen molar-refractivity contribution in [3.63, 3.8) is 0 Å². The van der Waals surface area contributed by atoms with Crippen LogP contribution in [0.3, 0.4) is 0 Å². The van der Waals surface area contributed by atoms with Crippen LogP contribution in [0.2, 0.25) is 0 Å². The molecular formula is C23H21N5O4S2. The Morgan fingerprint density at radius 3 is 2.53 bits per heavy atom. The van der Waals surface area contributed by atoms with Gasteiger partial charge in [-0.15, -0.1) is 11.3 Å². The number of hydrogen-bond donors (Lipinski definition) is 3. The lowest BCUT2D eigenvalue weighted by Crippen LogP contribution is -2.31. The molecule has 0 amide bonds. The minimum Gasteiger partial charge on any atom is -0.480 e. The maximum atomic E-state index is 13.0. The zero-order valence-electron chi connectivity index (χ0n) is 17.8. The van der Waals surface area contributed by atoms with Crippen LogP contribution in [0.4, 0.5) is 5.82 Å². The highest BCUT2D eigenvalue weighted by atomic mass is 32.2. The average Bonchev–Trinajstić information content (AvgIpc) is 3.38. The van der Waals surface area contributed by atoms with Gasteiger partial charge in [0.15, 0.2) is 5.03 Å². The second-order valence-electron chi connectivity index (χ2n) is 7.31. The summed E-state index contributed by atoms with van der Waals surface area (Å²) in [5.41, 5.74) is 4.94. The van der Waals surface area contributed by atoms with E-state index in [1.165, 1.54) is 23.6 Å². The minimum absolute atomic E-state index is 0.0981. The molecule has 0 aliphatic rings. The minimum atomic E-state index is -3.93. The number of aromatic nitrogens is 3. The zero-order valence-corrected chi connectivity index (χ0v) is 19.5. The number of aliphatic carboxylic acids is 1. The van der Waals surface area contributed by atoms with Gasteiger partial charge in [0.2, 0.25) is 0 Å².